The quantitative estimate of drug-likeness (QED) is 0.487. The second-order valence-corrected chi connectivity index (χ2v) is 4.09. The number of nitrogens with zero attached hydrogens (tertiary/aromatic N) is 1. The molecule has 0 saturated carbocycles. The van der Waals surface area contributed by atoms with E-state index in [0.717, 1.165) is 6.26 Å². The van der Waals surface area contributed by atoms with Crippen LogP contribution in [-0.4, -0.2) is 33.8 Å². The van der Waals surface area contributed by atoms with Gasteiger partial charge in [0.15, 0.2) is 0 Å². The predicted octanol–water partition coefficient (Wildman–Crippen LogP) is -0.199. The van der Waals surface area contributed by atoms with Gasteiger partial charge >= 0.3 is 55.6 Å². The molecule has 0 aromatic carbocycles. The maximum atomic E-state index is 9.00. The van der Waals surface area contributed by atoms with Crippen molar-refractivity contribution < 1.29 is 8.42 Å². The minimum atomic E-state index is -1.86. The zero-order chi connectivity index (χ0) is 8.69. The maximum absolute atomic E-state index is 9.00. The fourth-order valence-electron chi connectivity index (χ4n) is 0.363. The van der Waals surface area contributed by atoms with E-state index in [9.17, 15) is 0 Å². The second kappa shape index (κ2) is 6.60. The Bertz CT molecular complexity index is 253. The summed E-state index contributed by atoms with van der Waals surface area (Å²) >= 11 is 1.43. The number of aromatic nitrogens is 1. The molecule has 0 N–H and O–H groups in total. The van der Waals surface area contributed by atoms with Gasteiger partial charge in [-0.05, 0) is 0 Å². The minimum absolute atomic E-state index is 1.08. The fraction of sp³-hybridized carbons (Fsp3) is 0.167. The molecule has 0 amide bonds. The van der Waals surface area contributed by atoms with Gasteiger partial charge in [0.1, 0.15) is 0 Å². The van der Waals surface area contributed by atoms with Gasteiger partial charge in [0.2, 0.25) is 0 Å². The molecular weight excluding hydrogens is 269 g/mol. The van der Waals surface area contributed by atoms with Gasteiger partial charge in [0, 0.05) is 0 Å². The van der Waals surface area contributed by atoms with E-state index in [4.69, 9.17) is 8.42 Å². The molecule has 0 bridgehead atoms. The molecule has 1 aromatic heterocycles. The van der Waals surface area contributed by atoms with Crippen LogP contribution < -0.4 is 3.58 Å². The zero-order valence-corrected chi connectivity index (χ0v) is 9.65. The average molecular weight is 276 g/mol. The van der Waals surface area contributed by atoms with Crippen molar-refractivity contribution in [1.82, 2.24) is 4.98 Å². The third-order valence-corrected chi connectivity index (χ3v) is 1.51. The molecule has 0 unspecified atom stereocenters. The van der Waals surface area contributed by atoms with Gasteiger partial charge in [0.05, 0.1) is 0 Å². The third kappa shape index (κ3) is 9.90. The van der Waals surface area contributed by atoms with Crippen LogP contribution in [0.15, 0.2) is 24.5 Å². The molecule has 1 heterocycles. The van der Waals surface area contributed by atoms with Crippen LogP contribution >= 0.6 is 0 Å². The van der Waals surface area contributed by atoms with Crippen LogP contribution in [0.2, 0.25) is 0 Å². The van der Waals surface area contributed by atoms with Gasteiger partial charge in [-0.25, -0.2) is 0 Å². The Balaban J connectivity index is 0.000000218. The van der Waals surface area contributed by atoms with Crippen molar-refractivity contribution >= 4 is 36.8 Å². The molecule has 0 fully saturated rings. The van der Waals surface area contributed by atoms with Crippen molar-refractivity contribution in [2.75, 3.05) is 6.26 Å². The topological polar surface area (TPSA) is 47.0 Å². The van der Waals surface area contributed by atoms with Crippen LogP contribution in [0.5, 0.6) is 0 Å². The number of hydrogen-bond donors (Lipinski definition) is 0. The summed E-state index contributed by atoms with van der Waals surface area (Å²) < 4.78 is 19.3. The molecule has 3 nitrogen and oxygen atoms in total. The van der Waals surface area contributed by atoms with E-state index in [2.05, 4.69) is 11.1 Å². The molecule has 0 aliphatic heterocycles. The summed E-state index contributed by atoms with van der Waals surface area (Å²) in [7, 11) is -1.86. The summed E-state index contributed by atoms with van der Waals surface area (Å²) in [6.07, 6.45) is 4.74. The van der Waals surface area contributed by atoms with Crippen LogP contribution in [0, 0.1) is 0 Å². The van der Waals surface area contributed by atoms with E-state index < -0.39 is 10.7 Å². The summed E-state index contributed by atoms with van der Waals surface area (Å²) in [5.41, 5.74) is 0. The van der Waals surface area contributed by atoms with Gasteiger partial charge in [-0.2, -0.15) is 0 Å². The molecule has 0 saturated heterocycles. The molecule has 1 aromatic rings. The Kier molecular flexibility index (Phi) is 6.54. The van der Waals surface area contributed by atoms with Crippen LogP contribution in [0.25, 0.3) is 0 Å². The first-order valence-electron chi connectivity index (χ1n) is 2.75. The van der Waals surface area contributed by atoms with Crippen molar-refractivity contribution in [3.05, 3.63) is 24.5 Å². The van der Waals surface area contributed by atoms with Crippen LogP contribution in [0.1, 0.15) is 0 Å². The fourth-order valence-corrected chi connectivity index (χ4v) is 0.850. The summed E-state index contributed by atoms with van der Waals surface area (Å²) in [6, 6.07) is 4.01. The molecule has 0 atom stereocenters. The van der Waals surface area contributed by atoms with Gasteiger partial charge in [-0.3, -0.25) is 0 Å². The van der Waals surface area contributed by atoms with Crippen LogP contribution in [0.3, 0.4) is 0 Å². The van der Waals surface area contributed by atoms with Crippen molar-refractivity contribution in [2.24, 2.45) is 0 Å². The molecule has 1 rings (SSSR count). The molecular formula is C6H7NO2SSn. The van der Waals surface area contributed by atoms with E-state index in [0.29, 0.717) is 0 Å². The third-order valence-electron chi connectivity index (χ3n) is 0.662. The molecule has 58 valence electrons. The first-order valence-corrected chi connectivity index (χ1v) is 5.66. The first kappa shape index (κ1) is 10.9. The molecule has 5 heteroatoms. The van der Waals surface area contributed by atoms with Gasteiger partial charge in [0.25, 0.3) is 0 Å². The number of hydrogen-bond acceptors (Lipinski definition) is 4. The van der Waals surface area contributed by atoms with Gasteiger partial charge in [-0.1, -0.05) is 17.0 Å². The summed E-state index contributed by atoms with van der Waals surface area (Å²) in [5.74, 6) is 0. The van der Waals surface area contributed by atoms with Crippen molar-refractivity contribution in [1.29, 1.82) is 0 Å². The monoisotopic (exact) mass is 277 g/mol. The Labute approximate surface area is 80.9 Å². The Morgan fingerprint density at radius 2 is 2.09 bits per heavy atom. The first-order chi connectivity index (χ1) is 5.13. The number of pyridine rings is 1. The summed E-state index contributed by atoms with van der Waals surface area (Å²) in [5, 5.41) is 0. The van der Waals surface area contributed by atoms with Gasteiger partial charge < -0.3 is 8.42 Å². The Hall–Kier alpha value is -0.101. The SMILES string of the molecule is C[S-](=O)=O.[Sn+][c]1cccnc1. The predicted molar refractivity (Wildman–Crippen MR) is 44.3 cm³/mol. The van der Waals surface area contributed by atoms with Crippen molar-refractivity contribution in [3.63, 3.8) is 0 Å². The van der Waals surface area contributed by atoms with Crippen LogP contribution in [0.4, 0.5) is 0 Å². The summed E-state index contributed by atoms with van der Waals surface area (Å²) in [4.78, 5) is 3.91. The molecule has 0 spiro atoms. The number of rotatable bonds is 0. The van der Waals surface area contributed by atoms with Gasteiger partial charge in [-0.15, -0.1) is 0 Å². The Morgan fingerprint density at radius 3 is 2.27 bits per heavy atom. The summed E-state index contributed by atoms with van der Waals surface area (Å²) in [6.45, 7) is 0. The van der Waals surface area contributed by atoms with Crippen molar-refractivity contribution in [3.8, 4) is 0 Å². The molecule has 11 heavy (non-hydrogen) atoms. The zero-order valence-electron chi connectivity index (χ0n) is 5.98. The van der Waals surface area contributed by atoms with E-state index in [1.807, 2.05) is 12.3 Å². The standard InChI is InChI=1S/C5H4N.CH3O2S.Sn/c1-2-4-6-5-3-1;1-4(2)3;/h1-2,4-5H;1H3;/q;-1;+1. The molecule has 2 radical (unpaired) electrons. The average Bonchev–Trinajstić information content (AvgIpc) is 1.87. The van der Waals surface area contributed by atoms with Crippen LogP contribution in [-0.2, 0) is 19.1 Å². The van der Waals surface area contributed by atoms with E-state index in [1.165, 1.54) is 26.1 Å². The van der Waals surface area contributed by atoms with E-state index >= 15 is 0 Å². The Morgan fingerprint density at radius 1 is 1.55 bits per heavy atom. The van der Waals surface area contributed by atoms with E-state index in [1.54, 1.807) is 6.20 Å². The van der Waals surface area contributed by atoms with Crippen molar-refractivity contribution in [2.45, 2.75) is 0 Å². The van der Waals surface area contributed by atoms with E-state index in [-0.39, 0.29) is 0 Å². The molecule has 0 aliphatic carbocycles. The normalized spacial score (nSPS) is 8.55. The second-order valence-electron chi connectivity index (χ2n) is 1.64. The molecule has 0 aliphatic rings.